The highest BCUT2D eigenvalue weighted by atomic mass is 16.6. The first-order chi connectivity index (χ1) is 12.2. The number of epoxide rings is 1. The molecule has 0 aromatic rings. The van der Waals surface area contributed by atoms with E-state index in [1.54, 1.807) is 6.92 Å². The molecule has 3 N–H and O–H groups in total. The zero-order valence-electron chi connectivity index (χ0n) is 16.5. The third-order valence-electron chi connectivity index (χ3n) is 5.79. The van der Waals surface area contributed by atoms with E-state index in [4.69, 9.17) is 4.74 Å². The van der Waals surface area contributed by atoms with Crippen LogP contribution in [0.1, 0.15) is 47.5 Å². The number of carbonyl (C=O) groups excluding carboxylic acids is 2. The molecule has 0 aliphatic carbocycles. The summed E-state index contributed by atoms with van der Waals surface area (Å²) in [6, 6.07) is 0. The summed E-state index contributed by atoms with van der Waals surface area (Å²) < 4.78 is 5.88. The van der Waals surface area contributed by atoms with Crippen LogP contribution in [0.2, 0.25) is 0 Å². The van der Waals surface area contributed by atoms with E-state index in [1.165, 1.54) is 0 Å². The fraction of sp³-hybridized carbons (Fsp3) is 0.800. The smallest absolute Gasteiger partial charge is 0.146 e. The number of allylic oxidation sites excluding steroid dienone is 1. The van der Waals surface area contributed by atoms with Gasteiger partial charge in [-0.3, -0.25) is 9.59 Å². The lowest BCUT2D eigenvalue weighted by molar-refractivity contribution is -0.137. The van der Waals surface area contributed by atoms with Crippen LogP contribution in [-0.4, -0.2) is 57.9 Å². The minimum absolute atomic E-state index is 0.0466. The summed E-state index contributed by atoms with van der Waals surface area (Å²) in [7, 11) is 0. The molecule has 1 fully saturated rings. The van der Waals surface area contributed by atoms with Gasteiger partial charge < -0.3 is 20.1 Å². The fourth-order valence-corrected chi connectivity index (χ4v) is 3.73. The molecule has 0 aromatic carbocycles. The van der Waals surface area contributed by atoms with Crippen LogP contribution in [-0.2, 0) is 14.3 Å². The van der Waals surface area contributed by atoms with Gasteiger partial charge in [-0.2, -0.15) is 0 Å². The molecule has 6 nitrogen and oxygen atoms in total. The number of rotatable bonds is 12. The van der Waals surface area contributed by atoms with Crippen LogP contribution in [0.5, 0.6) is 0 Å². The largest absolute Gasteiger partial charge is 0.396 e. The number of Topliss-reactive ketones (excluding diaryl/α,β-unsaturated/α-hetero) is 2. The Hall–Kier alpha value is -1.08. The van der Waals surface area contributed by atoms with Gasteiger partial charge in [-0.05, 0) is 19.8 Å². The van der Waals surface area contributed by atoms with Gasteiger partial charge in [0.2, 0.25) is 0 Å². The first-order valence-electron chi connectivity index (χ1n) is 9.43. The van der Waals surface area contributed by atoms with Crippen molar-refractivity contribution in [2.45, 2.75) is 65.3 Å². The number of ketones is 2. The van der Waals surface area contributed by atoms with Crippen molar-refractivity contribution >= 4 is 11.6 Å². The molecule has 0 amide bonds. The summed E-state index contributed by atoms with van der Waals surface area (Å²) in [5.74, 6) is -2.56. The maximum absolute atomic E-state index is 12.9. The highest BCUT2D eigenvalue weighted by Crippen LogP contribution is 2.49. The summed E-state index contributed by atoms with van der Waals surface area (Å²) in [6.45, 7) is 8.47. The van der Waals surface area contributed by atoms with E-state index < -0.39 is 42.5 Å². The number of hydrogen-bond donors (Lipinski definition) is 3. The van der Waals surface area contributed by atoms with Gasteiger partial charge in [-0.1, -0.05) is 32.9 Å². The van der Waals surface area contributed by atoms with Gasteiger partial charge in [0.05, 0.1) is 36.9 Å². The average Bonchev–Trinajstić information content (AvgIpc) is 3.29. The molecule has 7 atom stereocenters. The zero-order valence-corrected chi connectivity index (χ0v) is 16.5. The van der Waals surface area contributed by atoms with Gasteiger partial charge in [-0.25, -0.2) is 0 Å². The van der Waals surface area contributed by atoms with Crippen LogP contribution in [0.4, 0.5) is 0 Å². The molecule has 0 bridgehead atoms. The minimum Gasteiger partial charge on any atom is -0.396 e. The van der Waals surface area contributed by atoms with Crippen molar-refractivity contribution in [2.24, 2.45) is 23.7 Å². The topological polar surface area (TPSA) is 107 Å². The number of carbonyl (C=O) groups is 2. The Labute approximate surface area is 156 Å². The van der Waals surface area contributed by atoms with Gasteiger partial charge in [-0.15, -0.1) is 0 Å². The Morgan fingerprint density at radius 3 is 2.23 bits per heavy atom. The highest BCUT2D eigenvalue weighted by Gasteiger charge is 2.60. The standard InChI is InChI=1S/C20H34O6/c1-6-8-12(3)19-20(5,26-19)13(4)15(10-21)18(25)16(11-22)17(24)9-14(23)7-2/h6,8,12-13,15-17,19,21-22,24H,7,9-11H2,1-5H3/b8-6-/t12-,13-,15+,16+,17?,19+,20?/m0/s1. The molecule has 6 heteroatoms. The van der Waals surface area contributed by atoms with E-state index in [1.807, 2.05) is 39.8 Å². The lowest BCUT2D eigenvalue weighted by Crippen LogP contribution is -2.43. The maximum Gasteiger partial charge on any atom is 0.146 e. The highest BCUT2D eigenvalue weighted by molar-refractivity contribution is 5.86. The van der Waals surface area contributed by atoms with Crippen molar-refractivity contribution in [3.63, 3.8) is 0 Å². The summed E-state index contributed by atoms with van der Waals surface area (Å²) in [4.78, 5) is 24.4. The maximum atomic E-state index is 12.9. The van der Waals surface area contributed by atoms with Crippen LogP contribution >= 0.6 is 0 Å². The van der Waals surface area contributed by atoms with E-state index in [-0.39, 0.29) is 36.6 Å². The summed E-state index contributed by atoms with van der Waals surface area (Å²) in [5, 5.41) is 29.6. The lowest BCUT2D eigenvalue weighted by Gasteiger charge is -2.29. The lowest BCUT2D eigenvalue weighted by atomic mass is 9.74. The second-order valence-electron chi connectivity index (χ2n) is 7.54. The monoisotopic (exact) mass is 370 g/mol. The summed E-state index contributed by atoms with van der Waals surface area (Å²) >= 11 is 0. The predicted molar refractivity (Wildman–Crippen MR) is 98.5 cm³/mol. The van der Waals surface area contributed by atoms with Crippen molar-refractivity contribution in [3.8, 4) is 0 Å². The van der Waals surface area contributed by atoms with Gasteiger partial charge in [0.15, 0.2) is 0 Å². The Balaban J connectivity index is 2.88. The molecule has 1 saturated heterocycles. The van der Waals surface area contributed by atoms with Crippen LogP contribution < -0.4 is 0 Å². The zero-order chi connectivity index (χ0) is 20.1. The molecule has 1 aliphatic heterocycles. The van der Waals surface area contributed by atoms with E-state index in [0.29, 0.717) is 0 Å². The predicted octanol–water partition coefficient (Wildman–Crippen LogP) is 1.51. The number of hydrogen-bond acceptors (Lipinski definition) is 6. The van der Waals surface area contributed by atoms with Gasteiger partial charge in [0, 0.05) is 24.7 Å². The van der Waals surface area contributed by atoms with E-state index in [9.17, 15) is 24.9 Å². The van der Waals surface area contributed by atoms with E-state index in [0.717, 1.165) is 0 Å². The number of aliphatic hydroxyl groups excluding tert-OH is 3. The van der Waals surface area contributed by atoms with E-state index >= 15 is 0 Å². The SMILES string of the molecule is C/C=C\[C@H](C)[C@H]1OC1(C)[C@@H](C)[C@@H](CO)C(=O)[C@H](CO)C(O)CC(=O)CC. The molecule has 0 saturated carbocycles. The van der Waals surface area contributed by atoms with Crippen LogP contribution in [0, 0.1) is 23.7 Å². The quantitative estimate of drug-likeness (QED) is 0.355. The van der Waals surface area contributed by atoms with Crippen LogP contribution in [0.3, 0.4) is 0 Å². The summed E-state index contributed by atoms with van der Waals surface area (Å²) in [6.07, 6.45) is 2.79. The second-order valence-corrected chi connectivity index (χ2v) is 7.54. The Morgan fingerprint density at radius 1 is 1.19 bits per heavy atom. The molecule has 150 valence electrons. The molecule has 26 heavy (non-hydrogen) atoms. The summed E-state index contributed by atoms with van der Waals surface area (Å²) in [5.41, 5.74) is -0.549. The van der Waals surface area contributed by atoms with Crippen molar-refractivity contribution < 1.29 is 29.6 Å². The normalized spacial score (nSPS) is 28.4. The Morgan fingerprint density at radius 2 is 1.77 bits per heavy atom. The fourth-order valence-electron chi connectivity index (χ4n) is 3.73. The van der Waals surface area contributed by atoms with E-state index in [2.05, 4.69) is 0 Å². The van der Waals surface area contributed by atoms with Crippen molar-refractivity contribution in [1.82, 2.24) is 0 Å². The molecular formula is C20H34O6. The minimum atomic E-state index is -1.24. The van der Waals surface area contributed by atoms with Gasteiger partial charge in [0.25, 0.3) is 0 Å². The van der Waals surface area contributed by atoms with Gasteiger partial charge >= 0.3 is 0 Å². The molecule has 0 aromatic heterocycles. The third-order valence-corrected chi connectivity index (χ3v) is 5.79. The van der Waals surface area contributed by atoms with Crippen molar-refractivity contribution in [3.05, 3.63) is 12.2 Å². The van der Waals surface area contributed by atoms with Crippen molar-refractivity contribution in [1.29, 1.82) is 0 Å². The first-order valence-corrected chi connectivity index (χ1v) is 9.43. The Bertz CT molecular complexity index is 516. The van der Waals surface area contributed by atoms with Crippen LogP contribution in [0.15, 0.2) is 12.2 Å². The second kappa shape index (κ2) is 9.74. The number of ether oxygens (including phenoxy) is 1. The first kappa shape index (κ1) is 23.0. The van der Waals surface area contributed by atoms with Crippen LogP contribution in [0.25, 0.3) is 0 Å². The molecule has 1 heterocycles. The molecule has 0 spiro atoms. The molecular weight excluding hydrogens is 336 g/mol. The molecule has 1 aliphatic rings. The molecule has 0 radical (unpaired) electrons. The van der Waals surface area contributed by atoms with Gasteiger partial charge in [0.1, 0.15) is 11.6 Å². The number of aliphatic hydroxyl groups is 3. The Kier molecular flexibility index (Phi) is 8.60. The van der Waals surface area contributed by atoms with Crippen molar-refractivity contribution in [2.75, 3.05) is 13.2 Å². The molecule has 1 rings (SSSR count). The molecule has 2 unspecified atom stereocenters. The average molecular weight is 370 g/mol. The third kappa shape index (κ3) is 5.00.